The fourth-order valence-corrected chi connectivity index (χ4v) is 2.17. The van der Waals surface area contributed by atoms with Gasteiger partial charge in [0.15, 0.2) is 0 Å². The third kappa shape index (κ3) is 2.92. The van der Waals surface area contributed by atoms with E-state index in [0.717, 1.165) is 36.1 Å². The third-order valence-corrected chi connectivity index (χ3v) is 3.20. The maximum atomic E-state index is 10.1. The highest BCUT2D eigenvalue weighted by Crippen LogP contribution is 2.27. The van der Waals surface area contributed by atoms with Crippen LogP contribution in [-0.4, -0.2) is 11.3 Å². The molecule has 1 aliphatic carbocycles. The number of allylic oxidation sites excluding steroid dienone is 3. The topological polar surface area (TPSA) is 56.4 Å². The first-order valence-electron chi connectivity index (χ1n) is 6.34. The fraction of sp³-hybridized carbons (Fsp3) is 0.250. The van der Waals surface area contributed by atoms with Crippen molar-refractivity contribution in [1.29, 1.82) is 5.26 Å². The predicted octanol–water partition coefficient (Wildman–Crippen LogP) is 3.50. The first kappa shape index (κ1) is 13.1. The minimum Gasteiger partial charge on any atom is -0.507 e. The van der Waals surface area contributed by atoms with Crippen LogP contribution in [0.4, 0.5) is 0 Å². The van der Waals surface area contributed by atoms with Crippen LogP contribution in [0, 0.1) is 11.3 Å². The van der Waals surface area contributed by atoms with Crippen molar-refractivity contribution < 1.29 is 5.11 Å². The Bertz CT molecular complexity index is 591. The van der Waals surface area contributed by atoms with E-state index in [1.165, 1.54) is 0 Å². The highest BCUT2D eigenvalue weighted by Gasteiger charge is 2.13. The second-order valence-electron chi connectivity index (χ2n) is 4.50. The molecule has 1 aromatic rings. The molecule has 3 nitrogen and oxygen atoms in total. The van der Waals surface area contributed by atoms with E-state index in [1.54, 1.807) is 12.3 Å². The SMILES string of the molecule is C=CCc1cccc(C=NC2=C(C#N)CCC2)c1O. The van der Waals surface area contributed by atoms with Gasteiger partial charge in [0.1, 0.15) is 5.75 Å². The van der Waals surface area contributed by atoms with Crippen molar-refractivity contribution in [1.82, 2.24) is 0 Å². The smallest absolute Gasteiger partial charge is 0.127 e. The quantitative estimate of drug-likeness (QED) is 0.658. The summed E-state index contributed by atoms with van der Waals surface area (Å²) >= 11 is 0. The number of rotatable bonds is 4. The standard InChI is InChI=1S/C16H16N2O/c1-2-5-12-6-3-8-14(16(12)19)11-18-15-9-4-7-13(15)10-17/h2-3,6,8,11,19H,1,4-5,7,9H2. The summed E-state index contributed by atoms with van der Waals surface area (Å²) in [4.78, 5) is 4.35. The highest BCUT2D eigenvalue weighted by atomic mass is 16.3. The van der Waals surface area contributed by atoms with Gasteiger partial charge in [0.05, 0.1) is 17.3 Å². The summed E-state index contributed by atoms with van der Waals surface area (Å²) in [5.74, 6) is 0.239. The maximum absolute atomic E-state index is 10.1. The minimum absolute atomic E-state index is 0.239. The van der Waals surface area contributed by atoms with Crippen LogP contribution in [-0.2, 0) is 6.42 Å². The number of phenolic OH excluding ortho intramolecular Hbond substituents is 1. The summed E-state index contributed by atoms with van der Waals surface area (Å²) in [7, 11) is 0. The van der Waals surface area contributed by atoms with E-state index in [9.17, 15) is 5.11 Å². The molecule has 19 heavy (non-hydrogen) atoms. The van der Waals surface area contributed by atoms with Crippen molar-refractivity contribution in [2.45, 2.75) is 25.7 Å². The second kappa shape index (κ2) is 6.01. The van der Waals surface area contributed by atoms with Gasteiger partial charge in [-0.3, -0.25) is 4.99 Å². The number of nitrogens with zero attached hydrogens (tertiary/aromatic N) is 2. The van der Waals surface area contributed by atoms with E-state index in [0.29, 0.717) is 12.0 Å². The summed E-state index contributed by atoms with van der Waals surface area (Å²) < 4.78 is 0. The van der Waals surface area contributed by atoms with Crippen molar-refractivity contribution >= 4 is 6.21 Å². The van der Waals surface area contributed by atoms with Crippen LogP contribution in [0.2, 0.25) is 0 Å². The molecule has 0 unspecified atom stereocenters. The van der Waals surface area contributed by atoms with Gasteiger partial charge in [0.25, 0.3) is 0 Å². The van der Waals surface area contributed by atoms with Crippen LogP contribution in [0.1, 0.15) is 30.4 Å². The van der Waals surface area contributed by atoms with E-state index in [1.807, 2.05) is 18.2 Å². The lowest BCUT2D eigenvalue weighted by molar-refractivity contribution is 0.469. The van der Waals surface area contributed by atoms with Gasteiger partial charge in [-0.15, -0.1) is 6.58 Å². The molecule has 0 aliphatic heterocycles. The zero-order chi connectivity index (χ0) is 13.7. The van der Waals surface area contributed by atoms with Gasteiger partial charge in [-0.25, -0.2) is 0 Å². The molecule has 1 aliphatic rings. The number of phenols is 1. The zero-order valence-electron chi connectivity index (χ0n) is 10.8. The Labute approximate surface area is 113 Å². The predicted molar refractivity (Wildman–Crippen MR) is 76.1 cm³/mol. The lowest BCUT2D eigenvalue weighted by Gasteiger charge is -2.04. The average Bonchev–Trinajstić information content (AvgIpc) is 2.87. The normalized spacial score (nSPS) is 14.9. The van der Waals surface area contributed by atoms with E-state index in [-0.39, 0.29) is 5.75 Å². The Hall–Kier alpha value is -2.34. The van der Waals surface area contributed by atoms with Crippen LogP contribution in [0.25, 0.3) is 0 Å². The molecule has 0 amide bonds. The van der Waals surface area contributed by atoms with Crippen molar-refractivity contribution in [3.63, 3.8) is 0 Å². The molecule has 0 radical (unpaired) electrons. The molecule has 0 bridgehead atoms. The van der Waals surface area contributed by atoms with Gasteiger partial charge in [0.2, 0.25) is 0 Å². The molecule has 3 heteroatoms. The molecular weight excluding hydrogens is 236 g/mol. The summed E-state index contributed by atoms with van der Waals surface area (Å²) in [6.07, 6.45) is 6.65. The van der Waals surface area contributed by atoms with Gasteiger partial charge in [-0.2, -0.15) is 5.26 Å². The molecule has 2 rings (SSSR count). The number of hydrogen-bond acceptors (Lipinski definition) is 3. The Morgan fingerprint density at radius 2 is 2.26 bits per heavy atom. The fourth-order valence-electron chi connectivity index (χ4n) is 2.17. The number of aliphatic imine (C=N–C) groups is 1. The van der Waals surface area contributed by atoms with E-state index in [2.05, 4.69) is 17.6 Å². The lowest BCUT2D eigenvalue weighted by atomic mass is 10.1. The third-order valence-electron chi connectivity index (χ3n) is 3.20. The van der Waals surface area contributed by atoms with Crippen LogP contribution < -0.4 is 0 Å². The Morgan fingerprint density at radius 3 is 3.00 bits per heavy atom. The molecule has 0 saturated carbocycles. The van der Waals surface area contributed by atoms with E-state index < -0.39 is 0 Å². The number of aromatic hydroxyl groups is 1. The van der Waals surface area contributed by atoms with Crippen molar-refractivity contribution in [2.75, 3.05) is 0 Å². The molecule has 0 aromatic heterocycles. The van der Waals surface area contributed by atoms with Gasteiger partial charge < -0.3 is 5.11 Å². The van der Waals surface area contributed by atoms with Gasteiger partial charge in [-0.1, -0.05) is 18.2 Å². The Morgan fingerprint density at radius 1 is 1.42 bits per heavy atom. The molecule has 1 aromatic carbocycles. The molecule has 0 atom stereocenters. The maximum Gasteiger partial charge on any atom is 0.127 e. The van der Waals surface area contributed by atoms with Gasteiger partial charge in [0, 0.05) is 11.8 Å². The number of benzene rings is 1. The largest absolute Gasteiger partial charge is 0.507 e. The van der Waals surface area contributed by atoms with Crippen LogP contribution in [0.3, 0.4) is 0 Å². The molecule has 96 valence electrons. The first-order chi connectivity index (χ1) is 9.26. The summed E-state index contributed by atoms with van der Waals surface area (Å²) in [6.45, 7) is 3.67. The summed E-state index contributed by atoms with van der Waals surface area (Å²) in [6, 6.07) is 7.75. The first-order valence-corrected chi connectivity index (χ1v) is 6.34. The minimum atomic E-state index is 0.239. The average molecular weight is 252 g/mol. The van der Waals surface area contributed by atoms with Crippen molar-refractivity contribution in [3.8, 4) is 11.8 Å². The molecule has 0 spiro atoms. The number of para-hydroxylation sites is 1. The summed E-state index contributed by atoms with van der Waals surface area (Å²) in [5.41, 5.74) is 3.12. The molecule has 0 saturated heterocycles. The van der Waals surface area contributed by atoms with E-state index >= 15 is 0 Å². The van der Waals surface area contributed by atoms with Crippen LogP contribution in [0.15, 0.2) is 47.1 Å². The molecule has 0 fully saturated rings. The Kier molecular flexibility index (Phi) is 4.15. The van der Waals surface area contributed by atoms with E-state index in [4.69, 9.17) is 5.26 Å². The van der Waals surface area contributed by atoms with Crippen molar-refractivity contribution in [2.24, 2.45) is 4.99 Å². The Balaban J connectivity index is 2.27. The highest BCUT2D eigenvalue weighted by molar-refractivity contribution is 5.85. The monoisotopic (exact) mass is 252 g/mol. The van der Waals surface area contributed by atoms with Crippen LogP contribution in [0.5, 0.6) is 5.75 Å². The molecule has 0 heterocycles. The second-order valence-corrected chi connectivity index (χ2v) is 4.50. The van der Waals surface area contributed by atoms with Gasteiger partial charge in [-0.05, 0) is 37.3 Å². The lowest BCUT2D eigenvalue weighted by Crippen LogP contribution is -1.89. The molecule has 1 N–H and O–H groups in total. The van der Waals surface area contributed by atoms with Gasteiger partial charge >= 0.3 is 0 Å². The zero-order valence-corrected chi connectivity index (χ0v) is 10.8. The number of hydrogen-bond donors (Lipinski definition) is 1. The number of nitriles is 1. The summed E-state index contributed by atoms with van der Waals surface area (Å²) in [5, 5.41) is 19.1. The molecular formula is C16H16N2O. The van der Waals surface area contributed by atoms with Crippen LogP contribution >= 0.6 is 0 Å². The van der Waals surface area contributed by atoms with Crippen molar-refractivity contribution in [3.05, 3.63) is 53.3 Å².